The minimum absolute atomic E-state index is 0.696. The lowest BCUT2D eigenvalue weighted by Crippen LogP contribution is -2.26. The Kier molecular flexibility index (Phi) is 5.23. The SMILES string of the molecule is CCNCc1ccc(OC)c(CN2CCCC2C)c1. The van der Waals surface area contributed by atoms with Crippen molar-refractivity contribution in [3.8, 4) is 5.75 Å². The van der Waals surface area contributed by atoms with Crippen LogP contribution in [0.2, 0.25) is 0 Å². The number of nitrogens with one attached hydrogen (secondary N) is 1. The molecule has 1 heterocycles. The monoisotopic (exact) mass is 262 g/mol. The van der Waals surface area contributed by atoms with E-state index in [1.54, 1.807) is 7.11 Å². The first-order valence-electron chi connectivity index (χ1n) is 7.35. The minimum atomic E-state index is 0.696. The fourth-order valence-electron chi connectivity index (χ4n) is 2.78. The average molecular weight is 262 g/mol. The number of nitrogens with zero attached hydrogens (tertiary/aromatic N) is 1. The smallest absolute Gasteiger partial charge is 0.123 e. The van der Waals surface area contributed by atoms with Crippen molar-refractivity contribution in [1.82, 2.24) is 10.2 Å². The molecular weight excluding hydrogens is 236 g/mol. The maximum absolute atomic E-state index is 5.50. The van der Waals surface area contributed by atoms with Crippen molar-refractivity contribution in [3.05, 3.63) is 29.3 Å². The highest BCUT2D eigenvalue weighted by atomic mass is 16.5. The first kappa shape index (κ1) is 14.4. The van der Waals surface area contributed by atoms with E-state index in [4.69, 9.17) is 4.74 Å². The molecule has 106 valence electrons. The van der Waals surface area contributed by atoms with Crippen LogP contribution >= 0.6 is 0 Å². The zero-order chi connectivity index (χ0) is 13.7. The number of rotatable bonds is 6. The van der Waals surface area contributed by atoms with E-state index in [9.17, 15) is 0 Å². The van der Waals surface area contributed by atoms with Gasteiger partial charge in [-0.15, -0.1) is 0 Å². The van der Waals surface area contributed by atoms with E-state index in [1.165, 1.54) is 30.5 Å². The molecule has 0 amide bonds. The summed E-state index contributed by atoms with van der Waals surface area (Å²) in [5, 5.41) is 3.38. The van der Waals surface area contributed by atoms with Gasteiger partial charge in [0.05, 0.1) is 7.11 Å². The van der Waals surface area contributed by atoms with Crippen LogP contribution in [0.4, 0.5) is 0 Å². The Hall–Kier alpha value is -1.06. The molecule has 1 fully saturated rings. The molecule has 1 atom stereocenters. The summed E-state index contributed by atoms with van der Waals surface area (Å²) in [7, 11) is 1.76. The fourth-order valence-corrected chi connectivity index (χ4v) is 2.78. The normalized spacial score (nSPS) is 19.8. The van der Waals surface area contributed by atoms with Gasteiger partial charge in [0.25, 0.3) is 0 Å². The molecule has 0 spiro atoms. The zero-order valence-electron chi connectivity index (χ0n) is 12.4. The van der Waals surface area contributed by atoms with Gasteiger partial charge in [0.15, 0.2) is 0 Å². The van der Waals surface area contributed by atoms with E-state index >= 15 is 0 Å². The molecule has 1 N–H and O–H groups in total. The highest BCUT2D eigenvalue weighted by Gasteiger charge is 2.21. The summed E-state index contributed by atoms with van der Waals surface area (Å²) < 4.78 is 5.50. The fraction of sp³-hybridized carbons (Fsp3) is 0.625. The summed E-state index contributed by atoms with van der Waals surface area (Å²) in [4.78, 5) is 2.55. The molecule has 19 heavy (non-hydrogen) atoms. The third-order valence-corrected chi connectivity index (χ3v) is 3.99. The number of methoxy groups -OCH3 is 1. The van der Waals surface area contributed by atoms with E-state index in [-0.39, 0.29) is 0 Å². The van der Waals surface area contributed by atoms with Gasteiger partial charge in [-0.25, -0.2) is 0 Å². The topological polar surface area (TPSA) is 24.5 Å². The quantitative estimate of drug-likeness (QED) is 0.853. The van der Waals surface area contributed by atoms with E-state index < -0.39 is 0 Å². The Morgan fingerprint density at radius 2 is 2.26 bits per heavy atom. The van der Waals surface area contributed by atoms with Crippen molar-refractivity contribution in [2.24, 2.45) is 0 Å². The molecule has 1 unspecified atom stereocenters. The Labute approximate surface area is 116 Å². The summed E-state index contributed by atoms with van der Waals surface area (Å²) >= 11 is 0. The second-order valence-electron chi connectivity index (χ2n) is 5.39. The zero-order valence-corrected chi connectivity index (χ0v) is 12.4. The van der Waals surface area contributed by atoms with Gasteiger partial charge < -0.3 is 10.1 Å². The van der Waals surface area contributed by atoms with Gasteiger partial charge in [-0.3, -0.25) is 4.90 Å². The van der Waals surface area contributed by atoms with Crippen LogP contribution in [0.3, 0.4) is 0 Å². The van der Waals surface area contributed by atoms with Gasteiger partial charge in [-0.2, -0.15) is 0 Å². The van der Waals surface area contributed by atoms with Gasteiger partial charge in [-0.05, 0) is 50.6 Å². The molecule has 1 aromatic rings. The number of hydrogen-bond donors (Lipinski definition) is 1. The van der Waals surface area contributed by atoms with Crippen molar-refractivity contribution in [2.45, 2.75) is 45.8 Å². The van der Waals surface area contributed by atoms with Crippen LogP contribution in [-0.2, 0) is 13.1 Å². The molecule has 1 aliphatic rings. The molecule has 0 bridgehead atoms. The molecule has 0 aliphatic carbocycles. The molecule has 1 aliphatic heterocycles. The van der Waals surface area contributed by atoms with Gasteiger partial charge in [0.2, 0.25) is 0 Å². The molecule has 0 saturated carbocycles. The molecule has 3 heteroatoms. The van der Waals surface area contributed by atoms with Crippen LogP contribution in [0.5, 0.6) is 5.75 Å². The predicted molar refractivity (Wildman–Crippen MR) is 79.5 cm³/mol. The largest absolute Gasteiger partial charge is 0.496 e. The first-order valence-corrected chi connectivity index (χ1v) is 7.35. The van der Waals surface area contributed by atoms with Crippen molar-refractivity contribution >= 4 is 0 Å². The minimum Gasteiger partial charge on any atom is -0.496 e. The highest BCUT2D eigenvalue weighted by molar-refractivity contribution is 5.37. The van der Waals surface area contributed by atoms with E-state index in [0.717, 1.165) is 25.4 Å². The molecule has 0 radical (unpaired) electrons. The summed E-state index contributed by atoms with van der Waals surface area (Å²) in [5.74, 6) is 1.01. The van der Waals surface area contributed by atoms with Crippen LogP contribution in [0.15, 0.2) is 18.2 Å². The molecule has 1 aromatic carbocycles. The molecule has 1 saturated heterocycles. The lowest BCUT2D eigenvalue weighted by atomic mass is 10.1. The van der Waals surface area contributed by atoms with Crippen molar-refractivity contribution in [2.75, 3.05) is 20.2 Å². The predicted octanol–water partition coefficient (Wildman–Crippen LogP) is 2.79. The van der Waals surface area contributed by atoms with Gasteiger partial charge in [-0.1, -0.05) is 13.0 Å². The van der Waals surface area contributed by atoms with Crippen LogP contribution < -0.4 is 10.1 Å². The van der Waals surface area contributed by atoms with Gasteiger partial charge >= 0.3 is 0 Å². The number of benzene rings is 1. The molecular formula is C16H26N2O. The van der Waals surface area contributed by atoms with Crippen LogP contribution in [0, 0.1) is 0 Å². The second-order valence-corrected chi connectivity index (χ2v) is 5.39. The molecule has 0 aromatic heterocycles. The first-order chi connectivity index (χ1) is 9.24. The Balaban J connectivity index is 2.11. The van der Waals surface area contributed by atoms with Gasteiger partial charge in [0, 0.05) is 24.7 Å². The molecule has 3 nitrogen and oxygen atoms in total. The Morgan fingerprint density at radius 1 is 1.42 bits per heavy atom. The van der Waals surface area contributed by atoms with E-state index in [0.29, 0.717) is 6.04 Å². The highest BCUT2D eigenvalue weighted by Crippen LogP contribution is 2.25. The van der Waals surface area contributed by atoms with Crippen LogP contribution in [0.1, 0.15) is 37.8 Å². The standard InChI is InChI=1S/C16H26N2O/c1-4-17-11-14-7-8-16(19-3)15(10-14)12-18-9-5-6-13(18)2/h7-8,10,13,17H,4-6,9,11-12H2,1-3H3. The summed E-state index contributed by atoms with van der Waals surface area (Å²) in [6, 6.07) is 7.23. The van der Waals surface area contributed by atoms with Crippen LogP contribution in [-0.4, -0.2) is 31.1 Å². The summed E-state index contributed by atoms with van der Waals surface area (Å²) in [5.41, 5.74) is 2.65. The number of hydrogen-bond acceptors (Lipinski definition) is 3. The average Bonchev–Trinajstić information content (AvgIpc) is 2.82. The molecule has 2 rings (SSSR count). The third-order valence-electron chi connectivity index (χ3n) is 3.99. The lowest BCUT2D eigenvalue weighted by Gasteiger charge is -2.22. The van der Waals surface area contributed by atoms with E-state index in [1.807, 2.05) is 0 Å². The van der Waals surface area contributed by atoms with Crippen molar-refractivity contribution in [3.63, 3.8) is 0 Å². The summed E-state index contributed by atoms with van der Waals surface area (Å²) in [6.07, 6.45) is 2.64. The summed E-state index contributed by atoms with van der Waals surface area (Å²) in [6.45, 7) is 8.61. The number of ether oxygens (including phenoxy) is 1. The maximum Gasteiger partial charge on any atom is 0.123 e. The van der Waals surface area contributed by atoms with Crippen molar-refractivity contribution < 1.29 is 4.74 Å². The lowest BCUT2D eigenvalue weighted by molar-refractivity contribution is 0.256. The Morgan fingerprint density at radius 3 is 2.89 bits per heavy atom. The number of likely N-dealkylation sites (tertiary alicyclic amines) is 1. The van der Waals surface area contributed by atoms with Crippen molar-refractivity contribution in [1.29, 1.82) is 0 Å². The van der Waals surface area contributed by atoms with Gasteiger partial charge in [0.1, 0.15) is 5.75 Å². The Bertz CT molecular complexity index is 406. The maximum atomic E-state index is 5.50. The second kappa shape index (κ2) is 6.92. The van der Waals surface area contributed by atoms with E-state index in [2.05, 4.69) is 42.3 Å². The third kappa shape index (κ3) is 3.71. The van der Waals surface area contributed by atoms with Crippen LogP contribution in [0.25, 0.3) is 0 Å².